The Balaban J connectivity index is 1.45. The number of nitrogens with zero attached hydrogens (tertiary/aromatic N) is 3. The van der Waals surface area contributed by atoms with Gasteiger partial charge < -0.3 is 26.6 Å². The Labute approximate surface area is 191 Å². The Morgan fingerprint density at radius 1 is 1.12 bits per heavy atom. The number of hydrogen-bond donors (Lipinski definition) is 5. The van der Waals surface area contributed by atoms with Crippen molar-refractivity contribution in [3.63, 3.8) is 0 Å². The van der Waals surface area contributed by atoms with Crippen LogP contribution in [0.4, 0.5) is 17.3 Å². The van der Waals surface area contributed by atoms with E-state index in [0.29, 0.717) is 23.2 Å². The van der Waals surface area contributed by atoms with E-state index in [0.717, 1.165) is 29.9 Å². The molecule has 2 aromatic heterocycles. The third-order valence-corrected chi connectivity index (χ3v) is 5.54. The topological polar surface area (TPSA) is 116 Å². The number of carbonyl (C=O) groups is 1. The van der Waals surface area contributed by atoms with Crippen molar-refractivity contribution >= 4 is 34.1 Å². The Kier molecular flexibility index (Phi) is 5.45. The van der Waals surface area contributed by atoms with Gasteiger partial charge in [-0.2, -0.15) is 0 Å². The largest absolute Gasteiger partial charge is 0.380 e. The minimum absolute atomic E-state index is 0.333. The van der Waals surface area contributed by atoms with Gasteiger partial charge in [-0.05, 0) is 54.8 Å². The molecule has 1 saturated heterocycles. The Morgan fingerprint density at radius 3 is 2.64 bits per heavy atom. The molecule has 5 rings (SSSR count). The second-order valence-electron chi connectivity index (χ2n) is 7.86. The van der Waals surface area contributed by atoms with Crippen molar-refractivity contribution in [1.82, 2.24) is 30.9 Å². The van der Waals surface area contributed by atoms with Crippen molar-refractivity contribution < 1.29 is 4.79 Å². The maximum absolute atomic E-state index is 12.2. The molecule has 9 nitrogen and oxygen atoms in total. The molecular weight excluding hydrogens is 416 g/mol. The van der Waals surface area contributed by atoms with Gasteiger partial charge in [0.25, 0.3) is 0 Å². The summed E-state index contributed by atoms with van der Waals surface area (Å²) in [6, 6.07) is 10.3. The molecule has 166 valence electrons. The Bertz CT molecular complexity index is 1250. The van der Waals surface area contributed by atoms with Gasteiger partial charge in [0.1, 0.15) is 11.2 Å². The van der Waals surface area contributed by atoms with E-state index in [2.05, 4.69) is 43.1 Å². The number of nitrogens with one attached hydrogen (secondary N) is 5. The summed E-state index contributed by atoms with van der Waals surface area (Å²) in [7, 11) is 0. The molecule has 0 aliphatic carbocycles. The fourth-order valence-electron chi connectivity index (χ4n) is 3.72. The highest BCUT2D eigenvalue weighted by Crippen LogP contribution is 2.28. The van der Waals surface area contributed by atoms with E-state index in [1.54, 1.807) is 18.6 Å². The van der Waals surface area contributed by atoms with Gasteiger partial charge in [-0.3, -0.25) is 9.78 Å². The number of aromatic nitrogens is 3. The van der Waals surface area contributed by atoms with Gasteiger partial charge in [0, 0.05) is 42.2 Å². The normalized spacial score (nSPS) is 19.4. The van der Waals surface area contributed by atoms with Crippen LogP contribution in [0.5, 0.6) is 0 Å². The summed E-state index contributed by atoms with van der Waals surface area (Å²) in [4.78, 5) is 26.0. The van der Waals surface area contributed by atoms with Crippen molar-refractivity contribution in [3.05, 3.63) is 85.5 Å². The highest BCUT2D eigenvalue weighted by Gasteiger charge is 2.34. The van der Waals surface area contributed by atoms with Gasteiger partial charge in [-0.15, -0.1) is 0 Å². The van der Waals surface area contributed by atoms with Crippen LogP contribution in [0.1, 0.15) is 5.69 Å². The zero-order chi connectivity index (χ0) is 22.7. The number of dihydropyridines is 1. The number of hydrogen-bond acceptors (Lipinski definition) is 8. The fraction of sp³-hybridized carbons (Fsp3) is 0.167. The summed E-state index contributed by atoms with van der Waals surface area (Å²) in [5.41, 5.74) is 2.04. The first-order chi connectivity index (χ1) is 16.1. The van der Waals surface area contributed by atoms with Crippen LogP contribution in [0.2, 0.25) is 0 Å². The molecule has 4 heterocycles. The highest BCUT2D eigenvalue weighted by molar-refractivity contribution is 5.89. The lowest BCUT2D eigenvalue weighted by atomic mass is 10.00. The molecule has 2 aliphatic heterocycles. The van der Waals surface area contributed by atoms with Crippen LogP contribution in [0, 0.1) is 0 Å². The standard InChI is InChI=1S/C24H24N8O/c1-2-20(33)32-24(10-3-4-11-28-24)22-21-16(9-12-26-22)13-27-23(31-21)30-18-7-5-17(6-8-18)29-19-14-25-15-19/h2-13,19,25,28-29H,1,14-15H2,(H,32,33)(H,27,30,31). The van der Waals surface area contributed by atoms with Gasteiger partial charge in [0.15, 0.2) is 5.66 Å². The highest BCUT2D eigenvalue weighted by atomic mass is 16.1. The molecule has 1 amide bonds. The molecule has 33 heavy (non-hydrogen) atoms. The van der Waals surface area contributed by atoms with E-state index in [-0.39, 0.29) is 5.91 Å². The van der Waals surface area contributed by atoms with Crippen LogP contribution in [0.15, 0.2) is 79.8 Å². The fourth-order valence-corrected chi connectivity index (χ4v) is 3.72. The molecular formula is C24H24N8O. The second kappa shape index (κ2) is 8.71. The summed E-state index contributed by atoms with van der Waals surface area (Å²) in [5, 5.41) is 16.9. The van der Waals surface area contributed by atoms with Gasteiger partial charge in [-0.1, -0.05) is 12.7 Å². The van der Waals surface area contributed by atoms with Gasteiger partial charge in [-0.25, -0.2) is 9.97 Å². The minimum atomic E-state index is -1.06. The average molecular weight is 441 g/mol. The van der Waals surface area contributed by atoms with Crippen molar-refractivity contribution in [2.45, 2.75) is 11.7 Å². The second-order valence-corrected chi connectivity index (χ2v) is 7.86. The molecule has 9 heteroatoms. The Hall–Kier alpha value is -4.24. The maximum Gasteiger partial charge on any atom is 0.245 e. The van der Waals surface area contributed by atoms with Crippen molar-refractivity contribution in [1.29, 1.82) is 0 Å². The zero-order valence-electron chi connectivity index (χ0n) is 17.9. The summed E-state index contributed by atoms with van der Waals surface area (Å²) < 4.78 is 0. The van der Waals surface area contributed by atoms with Crippen LogP contribution in [0.25, 0.3) is 10.9 Å². The van der Waals surface area contributed by atoms with Gasteiger partial charge in [0.2, 0.25) is 11.9 Å². The minimum Gasteiger partial charge on any atom is -0.380 e. The molecule has 0 spiro atoms. The number of anilines is 3. The Morgan fingerprint density at radius 2 is 1.94 bits per heavy atom. The van der Waals surface area contributed by atoms with E-state index < -0.39 is 5.66 Å². The average Bonchev–Trinajstić information content (AvgIpc) is 2.82. The van der Waals surface area contributed by atoms with Gasteiger partial charge in [0.05, 0.1) is 6.04 Å². The van der Waals surface area contributed by atoms with Crippen molar-refractivity contribution in [2.24, 2.45) is 0 Å². The van der Waals surface area contributed by atoms with Gasteiger partial charge >= 0.3 is 0 Å². The first-order valence-electron chi connectivity index (χ1n) is 10.7. The van der Waals surface area contributed by atoms with Crippen LogP contribution < -0.4 is 26.6 Å². The number of pyridine rings is 1. The maximum atomic E-state index is 12.2. The quantitative estimate of drug-likeness (QED) is 0.356. The monoisotopic (exact) mass is 440 g/mol. The van der Waals surface area contributed by atoms with Crippen LogP contribution in [0.3, 0.4) is 0 Å². The predicted molar refractivity (Wildman–Crippen MR) is 129 cm³/mol. The van der Waals surface area contributed by atoms with Crippen molar-refractivity contribution in [2.75, 3.05) is 23.7 Å². The number of fused-ring (bicyclic) bond motifs is 1. The van der Waals surface area contributed by atoms with Crippen molar-refractivity contribution in [3.8, 4) is 0 Å². The third-order valence-electron chi connectivity index (χ3n) is 5.54. The molecule has 1 unspecified atom stereocenters. The SMILES string of the molecule is C=CC(=O)NC1(c2nccc3cnc(Nc4ccc(NC5CNC5)cc4)nc23)C=CC=CN1. The molecule has 0 saturated carbocycles. The number of amides is 1. The summed E-state index contributed by atoms with van der Waals surface area (Å²) in [6.07, 6.45) is 11.9. The van der Waals surface area contributed by atoms with E-state index in [1.165, 1.54) is 6.08 Å². The molecule has 3 aromatic rings. The lowest BCUT2D eigenvalue weighted by Crippen LogP contribution is -2.54. The van der Waals surface area contributed by atoms with E-state index in [4.69, 9.17) is 4.98 Å². The molecule has 2 aliphatic rings. The lowest BCUT2D eigenvalue weighted by molar-refractivity contribution is -0.118. The van der Waals surface area contributed by atoms with E-state index >= 15 is 0 Å². The van der Waals surface area contributed by atoms with Crippen LogP contribution in [-0.2, 0) is 10.5 Å². The first-order valence-corrected chi connectivity index (χ1v) is 10.7. The smallest absolute Gasteiger partial charge is 0.245 e. The molecule has 1 atom stereocenters. The molecule has 0 radical (unpaired) electrons. The summed E-state index contributed by atoms with van der Waals surface area (Å²) in [6.45, 7) is 5.52. The number of carbonyl (C=O) groups excluding carboxylic acids is 1. The third kappa shape index (κ3) is 4.26. The number of allylic oxidation sites excluding steroid dienone is 2. The molecule has 1 aromatic carbocycles. The predicted octanol–water partition coefficient (Wildman–Crippen LogP) is 2.28. The lowest BCUT2D eigenvalue weighted by Gasteiger charge is -2.33. The zero-order valence-corrected chi connectivity index (χ0v) is 17.9. The number of benzene rings is 1. The first kappa shape index (κ1) is 20.7. The van der Waals surface area contributed by atoms with Crippen LogP contribution in [-0.4, -0.2) is 40.0 Å². The summed E-state index contributed by atoms with van der Waals surface area (Å²) >= 11 is 0. The molecule has 0 bridgehead atoms. The van der Waals surface area contributed by atoms with E-state index in [9.17, 15) is 4.79 Å². The number of rotatable bonds is 7. The van der Waals surface area contributed by atoms with E-state index in [1.807, 2.05) is 48.6 Å². The summed E-state index contributed by atoms with van der Waals surface area (Å²) in [5.74, 6) is 0.0984. The molecule has 5 N–H and O–H groups in total. The van der Waals surface area contributed by atoms with Crippen LogP contribution >= 0.6 is 0 Å². The molecule has 1 fully saturated rings.